The van der Waals surface area contributed by atoms with E-state index in [0.717, 1.165) is 76.5 Å². The number of piperidine rings is 1. The number of primary amides is 1. The highest BCUT2D eigenvalue weighted by atomic mass is 16.5. The van der Waals surface area contributed by atoms with Gasteiger partial charge in [-0.25, -0.2) is 0 Å². The molecule has 142 valence electrons. The van der Waals surface area contributed by atoms with Crippen molar-refractivity contribution in [1.82, 2.24) is 4.90 Å². The number of anilines is 2. The van der Waals surface area contributed by atoms with E-state index >= 15 is 0 Å². The molecule has 1 aromatic rings. The lowest BCUT2D eigenvalue weighted by Gasteiger charge is -2.31. The van der Waals surface area contributed by atoms with E-state index in [-0.39, 0.29) is 5.91 Å². The fourth-order valence-corrected chi connectivity index (χ4v) is 4.56. The minimum atomic E-state index is -0.361. The predicted octanol–water partition coefficient (Wildman–Crippen LogP) is 1.91. The molecule has 3 N–H and O–H groups in total. The van der Waals surface area contributed by atoms with Crippen molar-refractivity contribution >= 4 is 17.3 Å². The Morgan fingerprint density at radius 1 is 1.27 bits per heavy atom. The van der Waals surface area contributed by atoms with Gasteiger partial charge in [0.1, 0.15) is 0 Å². The zero-order valence-electron chi connectivity index (χ0n) is 15.7. The SMILES string of the molecule is CN1CCC(Nc2ccc(N3CC[C@]4(CCOC4)C3)cc2C(N)=O)CC1. The number of nitrogens with zero attached hydrogens (tertiary/aromatic N) is 2. The summed E-state index contributed by atoms with van der Waals surface area (Å²) in [7, 11) is 2.15. The van der Waals surface area contributed by atoms with Crippen molar-refractivity contribution in [1.29, 1.82) is 0 Å². The first kappa shape index (κ1) is 17.6. The third-order valence-corrected chi connectivity index (χ3v) is 6.34. The van der Waals surface area contributed by atoms with Gasteiger partial charge in [-0.1, -0.05) is 0 Å². The number of rotatable bonds is 4. The average Bonchev–Trinajstić information content (AvgIpc) is 3.27. The molecule has 1 aromatic carbocycles. The highest BCUT2D eigenvalue weighted by molar-refractivity contribution is 5.99. The molecule has 6 heteroatoms. The second-order valence-electron chi connectivity index (χ2n) is 8.29. The van der Waals surface area contributed by atoms with Crippen molar-refractivity contribution in [3.05, 3.63) is 23.8 Å². The lowest BCUT2D eigenvalue weighted by atomic mass is 9.87. The zero-order valence-corrected chi connectivity index (χ0v) is 15.7. The molecule has 1 amide bonds. The summed E-state index contributed by atoms with van der Waals surface area (Å²) in [5.74, 6) is -0.361. The van der Waals surface area contributed by atoms with Gasteiger partial charge in [0.05, 0.1) is 12.2 Å². The smallest absolute Gasteiger partial charge is 0.250 e. The third-order valence-electron chi connectivity index (χ3n) is 6.34. The van der Waals surface area contributed by atoms with Crippen LogP contribution in [0, 0.1) is 5.41 Å². The van der Waals surface area contributed by atoms with Gasteiger partial charge in [0.25, 0.3) is 5.91 Å². The minimum Gasteiger partial charge on any atom is -0.382 e. The molecule has 3 heterocycles. The van der Waals surface area contributed by atoms with Gasteiger partial charge < -0.3 is 25.6 Å². The molecule has 3 fully saturated rings. The number of nitrogens with two attached hydrogens (primary N) is 1. The summed E-state index contributed by atoms with van der Waals surface area (Å²) in [5, 5.41) is 3.55. The van der Waals surface area contributed by atoms with E-state index in [9.17, 15) is 4.79 Å². The van der Waals surface area contributed by atoms with Crippen LogP contribution in [0.15, 0.2) is 18.2 Å². The lowest BCUT2D eigenvalue weighted by Crippen LogP contribution is -2.37. The molecular weight excluding hydrogens is 328 g/mol. The molecule has 0 unspecified atom stereocenters. The van der Waals surface area contributed by atoms with E-state index in [2.05, 4.69) is 28.2 Å². The second kappa shape index (κ2) is 7.08. The van der Waals surface area contributed by atoms with E-state index in [0.29, 0.717) is 17.0 Å². The topological polar surface area (TPSA) is 70.8 Å². The lowest BCUT2D eigenvalue weighted by molar-refractivity contribution is 0.100. The minimum absolute atomic E-state index is 0.304. The van der Waals surface area contributed by atoms with Crippen molar-refractivity contribution in [3.8, 4) is 0 Å². The molecule has 26 heavy (non-hydrogen) atoms. The normalized spacial score (nSPS) is 27.3. The summed E-state index contributed by atoms with van der Waals surface area (Å²) in [4.78, 5) is 16.8. The van der Waals surface area contributed by atoms with Crippen LogP contribution in [-0.4, -0.2) is 63.3 Å². The Balaban J connectivity index is 1.49. The van der Waals surface area contributed by atoms with Crippen LogP contribution in [0.4, 0.5) is 11.4 Å². The number of hydrogen-bond donors (Lipinski definition) is 2. The van der Waals surface area contributed by atoms with E-state index in [4.69, 9.17) is 10.5 Å². The third kappa shape index (κ3) is 3.53. The molecule has 0 aliphatic carbocycles. The maximum absolute atomic E-state index is 12.1. The first-order valence-corrected chi connectivity index (χ1v) is 9.76. The van der Waals surface area contributed by atoms with Crippen LogP contribution >= 0.6 is 0 Å². The van der Waals surface area contributed by atoms with Crippen LogP contribution in [0.25, 0.3) is 0 Å². The molecule has 0 bridgehead atoms. The van der Waals surface area contributed by atoms with Crippen LogP contribution in [-0.2, 0) is 4.74 Å². The van der Waals surface area contributed by atoms with Crippen molar-refractivity contribution < 1.29 is 9.53 Å². The first-order valence-electron chi connectivity index (χ1n) is 9.76. The number of carbonyl (C=O) groups is 1. The van der Waals surface area contributed by atoms with Gasteiger partial charge in [-0.3, -0.25) is 4.79 Å². The first-order chi connectivity index (χ1) is 12.5. The maximum Gasteiger partial charge on any atom is 0.250 e. The van der Waals surface area contributed by atoms with Crippen molar-refractivity contribution in [2.75, 3.05) is 56.7 Å². The van der Waals surface area contributed by atoms with Gasteiger partial charge in [0.15, 0.2) is 0 Å². The summed E-state index contributed by atoms with van der Waals surface area (Å²) in [6, 6.07) is 6.53. The molecule has 0 saturated carbocycles. The maximum atomic E-state index is 12.1. The summed E-state index contributed by atoms with van der Waals surface area (Å²) < 4.78 is 5.63. The summed E-state index contributed by atoms with van der Waals surface area (Å²) in [6.07, 6.45) is 4.48. The average molecular weight is 358 g/mol. The quantitative estimate of drug-likeness (QED) is 0.860. The van der Waals surface area contributed by atoms with Crippen LogP contribution in [0.2, 0.25) is 0 Å². The van der Waals surface area contributed by atoms with Gasteiger partial charge in [-0.15, -0.1) is 0 Å². The number of amides is 1. The predicted molar refractivity (Wildman–Crippen MR) is 104 cm³/mol. The number of ether oxygens (including phenoxy) is 1. The Labute approximate surface area is 155 Å². The van der Waals surface area contributed by atoms with E-state index in [1.165, 1.54) is 0 Å². The monoisotopic (exact) mass is 358 g/mol. The van der Waals surface area contributed by atoms with Crippen LogP contribution in [0.1, 0.15) is 36.0 Å². The summed E-state index contributed by atoms with van der Waals surface area (Å²) in [5.41, 5.74) is 8.57. The Morgan fingerprint density at radius 2 is 2.08 bits per heavy atom. The van der Waals surface area contributed by atoms with E-state index < -0.39 is 0 Å². The molecule has 3 aliphatic heterocycles. The van der Waals surface area contributed by atoms with E-state index in [1.807, 2.05) is 12.1 Å². The molecule has 4 rings (SSSR count). The van der Waals surface area contributed by atoms with Crippen LogP contribution < -0.4 is 16.0 Å². The van der Waals surface area contributed by atoms with Crippen molar-refractivity contribution in [2.24, 2.45) is 11.1 Å². The molecule has 3 aliphatic rings. The zero-order chi connectivity index (χ0) is 18.1. The van der Waals surface area contributed by atoms with Gasteiger partial charge in [0, 0.05) is 42.5 Å². The van der Waals surface area contributed by atoms with Gasteiger partial charge in [-0.2, -0.15) is 0 Å². The molecule has 0 aromatic heterocycles. The van der Waals surface area contributed by atoms with E-state index in [1.54, 1.807) is 0 Å². The fraction of sp³-hybridized carbons (Fsp3) is 0.650. The Morgan fingerprint density at radius 3 is 2.77 bits per heavy atom. The summed E-state index contributed by atoms with van der Waals surface area (Å²) >= 11 is 0. The molecule has 6 nitrogen and oxygen atoms in total. The van der Waals surface area contributed by atoms with Gasteiger partial charge in [-0.05, 0) is 64.0 Å². The molecule has 0 radical (unpaired) electrons. The Hall–Kier alpha value is -1.79. The highest BCUT2D eigenvalue weighted by Gasteiger charge is 2.41. The number of hydrogen-bond acceptors (Lipinski definition) is 5. The number of likely N-dealkylation sites (tertiary alicyclic amines) is 1. The molecule has 1 spiro atoms. The van der Waals surface area contributed by atoms with Crippen molar-refractivity contribution in [3.63, 3.8) is 0 Å². The molecule has 3 saturated heterocycles. The standard InChI is InChI=1S/C20H30N4O2/c1-23-8-4-15(5-9-23)22-18-3-2-16(12-17(18)19(21)25)24-10-6-20(13-24)7-11-26-14-20/h2-3,12,15,22H,4-11,13-14H2,1H3,(H2,21,25)/t20-/m0/s1. The van der Waals surface area contributed by atoms with Crippen LogP contribution in [0.3, 0.4) is 0 Å². The summed E-state index contributed by atoms with van der Waals surface area (Å²) in [6.45, 7) is 5.93. The Kier molecular flexibility index (Phi) is 4.80. The number of carbonyl (C=O) groups excluding carboxylic acids is 1. The number of nitrogens with one attached hydrogen (secondary N) is 1. The molecule has 1 atom stereocenters. The van der Waals surface area contributed by atoms with Crippen molar-refractivity contribution in [2.45, 2.75) is 31.7 Å². The highest BCUT2D eigenvalue weighted by Crippen LogP contribution is 2.40. The number of benzene rings is 1. The Bertz CT molecular complexity index is 664. The van der Waals surface area contributed by atoms with Gasteiger partial charge in [0.2, 0.25) is 0 Å². The largest absolute Gasteiger partial charge is 0.382 e. The second-order valence-corrected chi connectivity index (χ2v) is 8.29. The van der Waals surface area contributed by atoms with Gasteiger partial charge >= 0.3 is 0 Å². The molecular formula is C20H30N4O2. The fourth-order valence-electron chi connectivity index (χ4n) is 4.56. The van der Waals surface area contributed by atoms with Crippen LogP contribution in [0.5, 0.6) is 0 Å².